The average Bonchev–Trinajstić information content (AvgIpc) is 2.32. The van der Waals surface area contributed by atoms with Crippen LogP contribution < -0.4 is 0 Å². The molecule has 1 heterocycles. The van der Waals surface area contributed by atoms with Crippen LogP contribution in [-0.2, 0) is 9.53 Å². The summed E-state index contributed by atoms with van der Waals surface area (Å²) in [4.78, 5) is 11.6. The Bertz CT molecular complexity index is 308. The van der Waals surface area contributed by atoms with Crippen LogP contribution in [0.2, 0.25) is 0 Å². The molecule has 0 aromatic heterocycles. The van der Waals surface area contributed by atoms with Crippen LogP contribution in [0.15, 0.2) is 0 Å². The van der Waals surface area contributed by atoms with E-state index >= 15 is 0 Å². The van der Waals surface area contributed by atoms with Crippen molar-refractivity contribution in [2.45, 2.75) is 63.6 Å². The van der Waals surface area contributed by atoms with E-state index in [1.54, 1.807) is 0 Å². The summed E-state index contributed by atoms with van der Waals surface area (Å²) in [5.74, 6) is 1.76. The highest BCUT2D eigenvalue weighted by atomic mass is 16.5. The fourth-order valence-corrected chi connectivity index (χ4v) is 4.09. The Kier molecular flexibility index (Phi) is 1.87. The van der Waals surface area contributed by atoms with Crippen LogP contribution in [0.5, 0.6) is 0 Å². The SMILES string of the molecule is CC1(C)O[C@@]23CC(=O)CCC2CC[C@@H]1C3. The van der Waals surface area contributed by atoms with Gasteiger partial charge in [-0.3, -0.25) is 4.79 Å². The molecule has 2 nitrogen and oxygen atoms in total. The molecule has 1 saturated heterocycles. The third kappa shape index (κ3) is 1.30. The quantitative estimate of drug-likeness (QED) is 0.612. The molecule has 15 heavy (non-hydrogen) atoms. The number of carbonyl (C=O) groups excluding carboxylic acids is 1. The number of fused-ring (bicyclic) bond motifs is 1. The van der Waals surface area contributed by atoms with Gasteiger partial charge in [-0.25, -0.2) is 0 Å². The van der Waals surface area contributed by atoms with E-state index in [2.05, 4.69) is 13.8 Å². The van der Waals surface area contributed by atoms with Crippen LogP contribution >= 0.6 is 0 Å². The molecule has 3 atom stereocenters. The molecule has 1 unspecified atom stereocenters. The largest absolute Gasteiger partial charge is 0.368 e. The van der Waals surface area contributed by atoms with Crippen molar-refractivity contribution in [1.82, 2.24) is 0 Å². The van der Waals surface area contributed by atoms with Crippen LogP contribution in [0.1, 0.15) is 52.4 Å². The maximum absolute atomic E-state index is 11.6. The van der Waals surface area contributed by atoms with Gasteiger partial charge in [-0.2, -0.15) is 0 Å². The van der Waals surface area contributed by atoms with Gasteiger partial charge in [-0.15, -0.1) is 0 Å². The second-order valence-corrected chi connectivity index (χ2v) is 6.20. The van der Waals surface area contributed by atoms with E-state index in [1.165, 1.54) is 12.8 Å². The highest BCUT2D eigenvalue weighted by Gasteiger charge is 2.58. The van der Waals surface area contributed by atoms with Crippen LogP contribution in [-0.4, -0.2) is 17.0 Å². The molecule has 3 fully saturated rings. The van der Waals surface area contributed by atoms with E-state index < -0.39 is 0 Å². The molecular formula is C13H20O2. The smallest absolute Gasteiger partial charge is 0.135 e. The lowest BCUT2D eigenvalue weighted by Gasteiger charge is -2.42. The van der Waals surface area contributed by atoms with Crippen LogP contribution in [0.25, 0.3) is 0 Å². The van der Waals surface area contributed by atoms with E-state index in [0.717, 1.165) is 19.3 Å². The van der Waals surface area contributed by atoms with Crippen molar-refractivity contribution in [2.24, 2.45) is 11.8 Å². The molecule has 3 aliphatic rings. The van der Waals surface area contributed by atoms with Crippen LogP contribution in [0.3, 0.4) is 0 Å². The van der Waals surface area contributed by atoms with Gasteiger partial charge in [0.25, 0.3) is 0 Å². The number of ketones is 1. The van der Waals surface area contributed by atoms with E-state index in [-0.39, 0.29) is 11.2 Å². The Balaban J connectivity index is 1.94. The van der Waals surface area contributed by atoms with Gasteiger partial charge < -0.3 is 4.74 Å². The van der Waals surface area contributed by atoms with Crippen molar-refractivity contribution in [3.05, 3.63) is 0 Å². The van der Waals surface area contributed by atoms with Gasteiger partial charge in [0.2, 0.25) is 0 Å². The first-order valence-electron chi connectivity index (χ1n) is 6.24. The van der Waals surface area contributed by atoms with Crippen molar-refractivity contribution in [2.75, 3.05) is 0 Å². The minimum Gasteiger partial charge on any atom is -0.368 e. The highest BCUT2D eigenvalue weighted by Crippen LogP contribution is 2.57. The Morgan fingerprint density at radius 1 is 1.20 bits per heavy atom. The molecule has 2 heteroatoms. The third-order valence-corrected chi connectivity index (χ3v) is 4.92. The number of carbonyl (C=O) groups is 1. The number of ether oxygens (including phenoxy) is 1. The summed E-state index contributed by atoms with van der Waals surface area (Å²) in [5.41, 5.74) is -0.0475. The molecule has 2 saturated carbocycles. The minimum atomic E-state index is -0.0538. The zero-order chi connectivity index (χ0) is 10.7. The van der Waals surface area contributed by atoms with Crippen molar-refractivity contribution >= 4 is 5.78 Å². The zero-order valence-corrected chi connectivity index (χ0v) is 9.71. The Labute approximate surface area is 91.4 Å². The summed E-state index contributed by atoms with van der Waals surface area (Å²) >= 11 is 0. The van der Waals surface area contributed by atoms with Gasteiger partial charge in [0.15, 0.2) is 0 Å². The van der Waals surface area contributed by atoms with Crippen molar-refractivity contribution in [1.29, 1.82) is 0 Å². The minimum absolute atomic E-state index is 0.00632. The molecule has 0 amide bonds. The molecule has 0 aromatic carbocycles. The molecule has 0 aromatic rings. The van der Waals surface area contributed by atoms with E-state index in [4.69, 9.17) is 4.74 Å². The van der Waals surface area contributed by atoms with E-state index in [0.29, 0.717) is 24.0 Å². The molecule has 1 aliphatic heterocycles. The summed E-state index contributed by atoms with van der Waals surface area (Å²) in [6.07, 6.45) is 6.27. The van der Waals surface area contributed by atoms with Gasteiger partial charge in [-0.1, -0.05) is 0 Å². The second kappa shape index (κ2) is 2.85. The van der Waals surface area contributed by atoms with Gasteiger partial charge in [0, 0.05) is 12.8 Å². The van der Waals surface area contributed by atoms with Crippen molar-refractivity contribution in [3.8, 4) is 0 Å². The molecule has 84 valence electrons. The predicted octanol–water partition coefficient (Wildman–Crippen LogP) is 2.70. The van der Waals surface area contributed by atoms with Gasteiger partial charge in [0.1, 0.15) is 5.78 Å². The van der Waals surface area contributed by atoms with Crippen LogP contribution in [0, 0.1) is 11.8 Å². The highest BCUT2D eigenvalue weighted by molar-refractivity contribution is 5.80. The average molecular weight is 208 g/mol. The molecule has 0 N–H and O–H groups in total. The Morgan fingerprint density at radius 3 is 2.73 bits per heavy atom. The molecule has 2 aliphatic carbocycles. The van der Waals surface area contributed by atoms with Crippen LogP contribution in [0.4, 0.5) is 0 Å². The second-order valence-electron chi connectivity index (χ2n) is 6.20. The first-order valence-corrected chi connectivity index (χ1v) is 6.24. The Morgan fingerprint density at radius 2 is 1.93 bits per heavy atom. The fraction of sp³-hybridized carbons (Fsp3) is 0.923. The summed E-state index contributed by atoms with van der Waals surface area (Å²) in [7, 11) is 0. The lowest BCUT2D eigenvalue weighted by molar-refractivity contribution is -0.150. The maximum atomic E-state index is 11.6. The lowest BCUT2D eigenvalue weighted by Crippen LogP contribution is -2.45. The monoisotopic (exact) mass is 208 g/mol. The Hall–Kier alpha value is -0.370. The first-order chi connectivity index (χ1) is 7.02. The summed E-state index contributed by atoms with van der Waals surface area (Å²) in [6.45, 7) is 4.40. The summed E-state index contributed by atoms with van der Waals surface area (Å²) < 4.78 is 6.31. The summed E-state index contributed by atoms with van der Waals surface area (Å²) in [5, 5.41) is 0. The number of hydrogen-bond donors (Lipinski definition) is 0. The molecule has 2 bridgehead atoms. The topological polar surface area (TPSA) is 26.3 Å². The first kappa shape index (κ1) is 9.83. The standard InChI is InChI=1S/C13H20O2/c1-12(2)10-4-3-9-5-6-11(14)8-13(9,7-10)15-12/h9-10H,3-8H2,1-2H3/t9?,10-,13+/m1/s1. The molecule has 3 rings (SSSR count). The summed E-state index contributed by atoms with van der Waals surface area (Å²) in [6, 6.07) is 0. The van der Waals surface area contributed by atoms with Crippen molar-refractivity contribution < 1.29 is 9.53 Å². The third-order valence-electron chi connectivity index (χ3n) is 4.92. The van der Waals surface area contributed by atoms with Gasteiger partial charge in [0.05, 0.1) is 11.2 Å². The predicted molar refractivity (Wildman–Crippen MR) is 57.6 cm³/mol. The molecule has 0 radical (unpaired) electrons. The van der Waals surface area contributed by atoms with Gasteiger partial charge in [-0.05, 0) is 51.4 Å². The number of hydrogen-bond acceptors (Lipinski definition) is 2. The normalized spacial score (nSPS) is 47.7. The molecular weight excluding hydrogens is 188 g/mol. The van der Waals surface area contributed by atoms with E-state index in [9.17, 15) is 4.79 Å². The number of Topliss-reactive ketones (excluding diaryl/α,β-unsaturated/α-hetero) is 1. The van der Waals surface area contributed by atoms with E-state index in [1.807, 2.05) is 0 Å². The van der Waals surface area contributed by atoms with Crippen molar-refractivity contribution in [3.63, 3.8) is 0 Å². The zero-order valence-electron chi connectivity index (χ0n) is 9.71. The molecule has 1 spiro atoms. The van der Waals surface area contributed by atoms with Gasteiger partial charge >= 0.3 is 0 Å². The lowest BCUT2D eigenvalue weighted by atomic mass is 9.64. The number of rotatable bonds is 0. The maximum Gasteiger partial charge on any atom is 0.135 e. The fourth-order valence-electron chi connectivity index (χ4n) is 4.09.